The monoisotopic (exact) mass is 389 g/mol. The van der Waals surface area contributed by atoms with Gasteiger partial charge in [-0.15, -0.1) is 0 Å². The first-order chi connectivity index (χ1) is 13.1. The number of hydrogen-bond acceptors (Lipinski definition) is 5. The van der Waals surface area contributed by atoms with Gasteiger partial charge < -0.3 is 14.2 Å². The molecule has 1 unspecified atom stereocenters. The van der Waals surface area contributed by atoms with E-state index in [9.17, 15) is 19.2 Å². The Morgan fingerprint density at radius 3 is 2.39 bits per heavy atom. The van der Waals surface area contributed by atoms with Crippen molar-refractivity contribution in [2.75, 3.05) is 13.1 Å². The summed E-state index contributed by atoms with van der Waals surface area (Å²) in [7, 11) is 0. The number of carbonyl (C=O) groups excluding carboxylic acids is 3. The third-order valence-electron chi connectivity index (χ3n) is 5.12. The van der Waals surface area contributed by atoms with Gasteiger partial charge in [0.25, 0.3) is 5.56 Å². The summed E-state index contributed by atoms with van der Waals surface area (Å²) in [4.78, 5) is 49.8. The van der Waals surface area contributed by atoms with E-state index < -0.39 is 11.5 Å². The minimum Gasteiger partial charge on any atom is -0.444 e. The topological polar surface area (TPSA) is 97.7 Å². The molecule has 2 fully saturated rings. The van der Waals surface area contributed by atoms with Gasteiger partial charge in [-0.1, -0.05) is 0 Å². The number of carbonyl (C=O) groups is 3. The molecule has 3 heterocycles. The Hall–Kier alpha value is -2.64. The van der Waals surface area contributed by atoms with Crippen LogP contribution in [0.25, 0.3) is 0 Å². The summed E-state index contributed by atoms with van der Waals surface area (Å²) in [5.41, 5.74) is -0.0631. The zero-order valence-electron chi connectivity index (χ0n) is 16.6. The summed E-state index contributed by atoms with van der Waals surface area (Å²) in [6, 6.07) is 3.27. The standard InChI is InChI=1S/C20H27N3O5/c1-20(2,3)28-19(27)22-9-7-14(8-10-22)23-11-6-13(12-17(23)25)15-4-5-16(24)21-18(15)26/h6,11-12,14-15H,4-5,7-10H2,1-3H3,(H,21,24,26). The largest absolute Gasteiger partial charge is 0.444 e. The predicted molar refractivity (Wildman–Crippen MR) is 102 cm³/mol. The Morgan fingerprint density at radius 1 is 1.14 bits per heavy atom. The highest BCUT2D eigenvalue weighted by molar-refractivity contribution is 6.00. The summed E-state index contributed by atoms with van der Waals surface area (Å²) < 4.78 is 7.07. The zero-order chi connectivity index (χ0) is 20.5. The van der Waals surface area contributed by atoms with Crippen molar-refractivity contribution in [1.82, 2.24) is 14.8 Å². The molecule has 0 bridgehead atoms. The predicted octanol–water partition coefficient (Wildman–Crippen LogP) is 1.94. The quantitative estimate of drug-likeness (QED) is 0.780. The molecule has 2 aliphatic heterocycles. The van der Waals surface area contributed by atoms with E-state index in [1.165, 1.54) is 6.07 Å². The van der Waals surface area contributed by atoms with Gasteiger partial charge in [0.15, 0.2) is 0 Å². The van der Waals surface area contributed by atoms with Crippen LogP contribution in [-0.2, 0) is 14.3 Å². The van der Waals surface area contributed by atoms with E-state index in [1.807, 2.05) is 20.8 Å². The SMILES string of the molecule is CC(C)(C)OC(=O)N1CCC(n2ccc(C3CCC(=O)NC3=O)cc2=O)CC1. The molecule has 0 spiro atoms. The van der Waals surface area contributed by atoms with Crippen molar-refractivity contribution in [3.63, 3.8) is 0 Å². The normalized spacial score (nSPS) is 21.4. The van der Waals surface area contributed by atoms with Gasteiger partial charge in [-0.25, -0.2) is 4.79 Å². The molecule has 0 aliphatic carbocycles. The number of rotatable bonds is 2. The molecule has 152 valence electrons. The molecule has 28 heavy (non-hydrogen) atoms. The van der Waals surface area contributed by atoms with Crippen LogP contribution in [0.1, 0.15) is 64.0 Å². The zero-order valence-corrected chi connectivity index (χ0v) is 16.6. The fourth-order valence-electron chi connectivity index (χ4n) is 3.69. The van der Waals surface area contributed by atoms with E-state index in [4.69, 9.17) is 4.74 Å². The number of amides is 3. The van der Waals surface area contributed by atoms with Crippen molar-refractivity contribution < 1.29 is 19.1 Å². The first-order valence-electron chi connectivity index (χ1n) is 9.68. The van der Waals surface area contributed by atoms with Gasteiger partial charge in [-0.3, -0.25) is 19.7 Å². The van der Waals surface area contributed by atoms with Crippen LogP contribution in [0.2, 0.25) is 0 Å². The minimum atomic E-state index is -0.531. The summed E-state index contributed by atoms with van der Waals surface area (Å²) in [5, 5.41) is 2.32. The molecule has 8 nitrogen and oxygen atoms in total. The van der Waals surface area contributed by atoms with Crippen LogP contribution in [0.15, 0.2) is 23.1 Å². The Labute approximate surface area is 163 Å². The fourth-order valence-corrected chi connectivity index (χ4v) is 3.69. The molecule has 2 aliphatic rings. The van der Waals surface area contributed by atoms with Crippen molar-refractivity contribution >= 4 is 17.9 Å². The molecule has 1 atom stereocenters. The maximum atomic E-state index is 12.6. The van der Waals surface area contributed by atoms with Gasteiger partial charge in [-0.05, 0) is 51.7 Å². The van der Waals surface area contributed by atoms with E-state index in [1.54, 1.807) is 21.7 Å². The van der Waals surface area contributed by atoms with Crippen LogP contribution in [0.4, 0.5) is 4.79 Å². The average molecular weight is 389 g/mol. The van der Waals surface area contributed by atoms with Crippen molar-refractivity contribution in [2.45, 2.75) is 64.0 Å². The number of hydrogen-bond donors (Lipinski definition) is 1. The van der Waals surface area contributed by atoms with Gasteiger partial charge in [-0.2, -0.15) is 0 Å². The Morgan fingerprint density at radius 2 is 1.82 bits per heavy atom. The maximum Gasteiger partial charge on any atom is 0.410 e. The molecular formula is C20H27N3O5. The van der Waals surface area contributed by atoms with E-state index in [0.717, 1.165) is 0 Å². The molecule has 1 N–H and O–H groups in total. The summed E-state index contributed by atoms with van der Waals surface area (Å²) in [5.74, 6) is -1.08. The Bertz CT molecular complexity index is 831. The van der Waals surface area contributed by atoms with Gasteiger partial charge in [0.2, 0.25) is 11.8 Å². The molecule has 2 saturated heterocycles. The third kappa shape index (κ3) is 4.61. The molecule has 0 aromatic carbocycles. The van der Waals surface area contributed by atoms with Gasteiger partial charge in [0.05, 0.1) is 5.92 Å². The molecule has 3 rings (SSSR count). The van der Waals surface area contributed by atoms with Crippen LogP contribution >= 0.6 is 0 Å². The lowest BCUT2D eigenvalue weighted by Gasteiger charge is -2.34. The molecular weight excluding hydrogens is 362 g/mol. The highest BCUT2D eigenvalue weighted by Crippen LogP contribution is 2.26. The lowest BCUT2D eigenvalue weighted by atomic mass is 9.91. The second-order valence-corrected chi connectivity index (χ2v) is 8.41. The van der Waals surface area contributed by atoms with Gasteiger partial charge in [0, 0.05) is 37.8 Å². The highest BCUT2D eigenvalue weighted by Gasteiger charge is 2.30. The van der Waals surface area contributed by atoms with Crippen molar-refractivity contribution in [2.24, 2.45) is 0 Å². The van der Waals surface area contributed by atoms with Crippen LogP contribution < -0.4 is 10.9 Å². The number of likely N-dealkylation sites (tertiary alicyclic amines) is 1. The third-order valence-corrected chi connectivity index (χ3v) is 5.12. The van der Waals surface area contributed by atoms with Crippen LogP contribution in [-0.4, -0.2) is 46.1 Å². The summed E-state index contributed by atoms with van der Waals surface area (Å²) in [6.45, 7) is 6.56. The van der Waals surface area contributed by atoms with E-state index >= 15 is 0 Å². The van der Waals surface area contributed by atoms with E-state index in [2.05, 4.69) is 5.32 Å². The van der Waals surface area contributed by atoms with Crippen LogP contribution in [0.3, 0.4) is 0 Å². The summed E-state index contributed by atoms with van der Waals surface area (Å²) >= 11 is 0. The van der Waals surface area contributed by atoms with Crippen molar-refractivity contribution in [3.05, 3.63) is 34.2 Å². The number of piperidine rings is 2. The van der Waals surface area contributed by atoms with Crippen molar-refractivity contribution in [3.8, 4) is 0 Å². The molecule has 0 radical (unpaired) electrons. The van der Waals surface area contributed by atoms with E-state index in [-0.39, 0.29) is 35.9 Å². The maximum absolute atomic E-state index is 12.6. The fraction of sp³-hybridized carbons (Fsp3) is 0.600. The molecule has 0 saturated carbocycles. The Balaban J connectivity index is 1.64. The summed E-state index contributed by atoms with van der Waals surface area (Å²) in [6.07, 6.45) is 3.42. The number of aromatic nitrogens is 1. The average Bonchev–Trinajstić information content (AvgIpc) is 2.60. The highest BCUT2D eigenvalue weighted by atomic mass is 16.6. The molecule has 8 heteroatoms. The number of ether oxygens (including phenoxy) is 1. The number of imide groups is 1. The second kappa shape index (κ2) is 7.77. The lowest BCUT2D eigenvalue weighted by molar-refractivity contribution is -0.134. The van der Waals surface area contributed by atoms with Crippen molar-refractivity contribution in [1.29, 1.82) is 0 Å². The Kier molecular flexibility index (Phi) is 5.58. The van der Waals surface area contributed by atoms with Gasteiger partial charge >= 0.3 is 6.09 Å². The number of nitrogens with zero attached hydrogens (tertiary/aromatic N) is 2. The van der Waals surface area contributed by atoms with Crippen LogP contribution in [0, 0.1) is 0 Å². The molecule has 3 amide bonds. The first-order valence-corrected chi connectivity index (χ1v) is 9.68. The number of nitrogens with one attached hydrogen (secondary N) is 1. The first kappa shape index (κ1) is 20.1. The lowest BCUT2D eigenvalue weighted by Crippen LogP contribution is -2.43. The molecule has 1 aromatic rings. The van der Waals surface area contributed by atoms with Crippen LogP contribution in [0.5, 0.6) is 0 Å². The minimum absolute atomic E-state index is 0.00185. The second-order valence-electron chi connectivity index (χ2n) is 8.41. The van der Waals surface area contributed by atoms with Gasteiger partial charge in [0.1, 0.15) is 5.60 Å². The number of pyridine rings is 1. The smallest absolute Gasteiger partial charge is 0.410 e. The molecule has 1 aromatic heterocycles. The van der Waals surface area contributed by atoms with E-state index in [0.29, 0.717) is 37.9 Å².